The summed E-state index contributed by atoms with van der Waals surface area (Å²) in [7, 11) is 0. The summed E-state index contributed by atoms with van der Waals surface area (Å²) >= 11 is 3.43. The summed E-state index contributed by atoms with van der Waals surface area (Å²) in [6, 6.07) is 8.31. The smallest absolute Gasteiger partial charge is 0.0914 e. The van der Waals surface area contributed by atoms with Crippen LogP contribution in [-0.4, -0.2) is 17.7 Å². The maximum absolute atomic E-state index is 10.1. The minimum absolute atomic E-state index is 0.440. The monoisotopic (exact) mass is 327 g/mol. The predicted octanol–water partition coefficient (Wildman–Crippen LogP) is 4.29. The quantitative estimate of drug-likeness (QED) is 0.746. The number of aliphatic hydroxyl groups excluding tert-OH is 1. The fourth-order valence-electron chi connectivity index (χ4n) is 2.08. The van der Waals surface area contributed by atoms with E-state index in [0.717, 1.165) is 16.0 Å². The molecule has 0 saturated carbocycles. The molecule has 0 aliphatic carbocycles. The lowest BCUT2D eigenvalue weighted by molar-refractivity contribution is 0.169. The summed E-state index contributed by atoms with van der Waals surface area (Å²) in [4.78, 5) is 0. The first-order valence-corrected chi connectivity index (χ1v) is 7.95. The van der Waals surface area contributed by atoms with Gasteiger partial charge in [0.1, 0.15) is 0 Å². The molecule has 0 aliphatic rings. The van der Waals surface area contributed by atoms with Crippen LogP contribution in [0, 0.1) is 5.92 Å². The zero-order valence-electron chi connectivity index (χ0n) is 12.2. The molecule has 19 heavy (non-hydrogen) atoms. The highest BCUT2D eigenvalue weighted by Crippen LogP contribution is 2.18. The third-order valence-corrected chi connectivity index (χ3v) is 3.80. The van der Waals surface area contributed by atoms with Crippen molar-refractivity contribution in [2.45, 2.75) is 52.2 Å². The summed E-state index contributed by atoms with van der Waals surface area (Å²) in [6.45, 7) is 7.32. The molecule has 2 atom stereocenters. The highest BCUT2D eigenvalue weighted by Gasteiger charge is 2.09. The molecule has 3 heteroatoms. The van der Waals surface area contributed by atoms with E-state index in [9.17, 15) is 5.11 Å². The Morgan fingerprint density at radius 3 is 2.58 bits per heavy atom. The minimum Gasteiger partial charge on any atom is -0.387 e. The van der Waals surface area contributed by atoms with E-state index in [-0.39, 0.29) is 0 Å². The molecular weight excluding hydrogens is 302 g/mol. The van der Waals surface area contributed by atoms with E-state index in [4.69, 9.17) is 0 Å². The van der Waals surface area contributed by atoms with Crippen LogP contribution in [0.4, 0.5) is 0 Å². The van der Waals surface area contributed by atoms with Gasteiger partial charge in [0, 0.05) is 17.1 Å². The Morgan fingerprint density at radius 2 is 1.95 bits per heavy atom. The Kier molecular flexibility index (Phi) is 7.66. The third-order valence-electron chi connectivity index (χ3n) is 3.31. The summed E-state index contributed by atoms with van der Waals surface area (Å²) in [6.07, 6.45) is 3.26. The Hall–Kier alpha value is -0.380. The van der Waals surface area contributed by atoms with Crippen LogP contribution in [0.3, 0.4) is 0 Å². The summed E-state index contributed by atoms with van der Waals surface area (Å²) in [5, 5.41) is 13.5. The van der Waals surface area contributed by atoms with E-state index in [0.29, 0.717) is 12.6 Å². The van der Waals surface area contributed by atoms with Gasteiger partial charge in [0.2, 0.25) is 0 Å². The third kappa shape index (κ3) is 7.09. The molecule has 2 unspecified atom stereocenters. The topological polar surface area (TPSA) is 32.3 Å². The first kappa shape index (κ1) is 16.7. The van der Waals surface area contributed by atoms with Gasteiger partial charge < -0.3 is 10.4 Å². The molecular formula is C16H26BrNO. The number of nitrogens with one attached hydrogen (secondary N) is 1. The van der Waals surface area contributed by atoms with E-state index in [1.54, 1.807) is 0 Å². The summed E-state index contributed by atoms with van der Waals surface area (Å²) in [5.41, 5.74) is 0.955. The molecule has 0 spiro atoms. The number of rotatable bonds is 8. The second-order valence-electron chi connectivity index (χ2n) is 5.70. The van der Waals surface area contributed by atoms with Crippen molar-refractivity contribution < 1.29 is 5.11 Å². The molecule has 0 amide bonds. The Labute approximate surface area is 125 Å². The molecule has 108 valence electrons. The lowest BCUT2D eigenvalue weighted by Crippen LogP contribution is -2.30. The van der Waals surface area contributed by atoms with Crippen molar-refractivity contribution >= 4 is 15.9 Å². The average molecular weight is 328 g/mol. The van der Waals surface area contributed by atoms with Gasteiger partial charge in [-0.15, -0.1) is 0 Å². The zero-order valence-corrected chi connectivity index (χ0v) is 13.8. The lowest BCUT2D eigenvalue weighted by atomic mass is 10.0. The highest BCUT2D eigenvalue weighted by atomic mass is 79.9. The number of hydrogen-bond acceptors (Lipinski definition) is 2. The summed E-state index contributed by atoms with van der Waals surface area (Å²) in [5.74, 6) is 0.777. The fraction of sp³-hybridized carbons (Fsp3) is 0.625. The van der Waals surface area contributed by atoms with Gasteiger partial charge in [-0.2, -0.15) is 0 Å². The Balaban J connectivity index is 2.27. The maximum Gasteiger partial charge on any atom is 0.0914 e. The van der Waals surface area contributed by atoms with Crippen LogP contribution in [0.15, 0.2) is 28.7 Å². The maximum atomic E-state index is 10.1. The second-order valence-corrected chi connectivity index (χ2v) is 6.62. The summed E-state index contributed by atoms with van der Waals surface area (Å²) < 4.78 is 1.01. The number of benzene rings is 1. The van der Waals surface area contributed by atoms with E-state index in [2.05, 4.69) is 42.0 Å². The van der Waals surface area contributed by atoms with Crippen molar-refractivity contribution in [3.05, 3.63) is 34.3 Å². The first-order valence-electron chi connectivity index (χ1n) is 7.16. The van der Waals surface area contributed by atoms with Gasteiger partial charge in [-0.3, -0.25) is 0 Å². The molecule has 1 aromatic rings. The molecule has 1 rings (SSSR count). The molecule has 0 radical (unpaired) electrons. The van der Waals surface area contributed by atoms with Crippen LogP contribution in [0.5, 0.6) is 0 Å². The molecule has 1 aromatic carbocycles. The molecule has 0 fully saturated rings. The van der Waals surface area contributed by atoms with Crippen LogP contribution in [0.1, 0.15) is 51.7 Å². The minimum atomic E-state index is -0.440. The van der Waals surface area contributed by atoms with Gasteiger partial charge in [0.25, 0.3) is 0 Å². The van der Waals surface area contributed by atoms with Crippen LogP contribution in [-0.2, 0) is 0 Å². The average Bonchev–Trinajstić information content (AvgIpc) is 2.35. The molecule has 2 nitrogen and oxygen atoms in total. The van der Waals surface area contributed by atoms with Crippen LogP contribution < -0.4 is 5.32 Å². The number of hydrogen-bond donors (Lipinski definition) is 2. The van der Waals surface area contributed by atoms with Gasteiger partial charge in [0.15, 0.2) is 0 Å². The highest BCUT2D eigenvalue weighted by molar-refractivity contribution is 9.10. The Bertz CT molecular complexity index is 368. The van der Waals surface area contributed by atoms with E-state index >= 15 is 0 Å². The van der Waals surface area contributed by atoms with Gasteiger partial charge in [0.05, 0.1) is 6.10 Å². The second kappa shape index (κ2) is 8.72. The largest absolute Gasteiger partial charge is 0.387 e. The molecule has 0 aromatic heterocycles. The van der Waals surface area contributed by atoms with Gasteiger partial charge in [-0.1, -0.05) is 54.8 Å². The van der Waals surface area contributed by atoms with Gasteiger partial charge in [-0.25, -0.2) is 0 Å². The molecule has 2 N–H and O–H groups in total. The predicted molar refractivity (Wildman–Crippen MR) is 85.3 cm³/mol. The standard InChI is InChI=1S/C16H26BrNO/c1-12(2)6-4-7-13(3)18-11-16(19)14-8-5-9-15(17)10-14/h5,8-10,12-13,16,18-19H,4,6-7,11H2,1-3H3. The van der Waals surface area contributed by atoms with Crippen molar-refractivity contribution in [1.29, 1.82) is 0 Å². The lowest BCUT2D eigenvalue weighted by Gasteiger charge is -2.18. The Morgan fingerprint density at radius 1 is 1.21 bits per heavy atom. The fourth-order valence-corrected chi connectivity index (χ4v) is 2.50. The van der Waals surface area contributed by atoms with Crippen molar-refractivity contribution in [3.63, 3.8) is 0 Å². The van der Waals surface area contributed by atoms with Crippen LogP contribution in [0.2, 0.25) is 0 Å². The number of aliphatic hydroxyl groups is 1. The van der Waals surface area contributed by atoms with Crippen LogP contribution in [0.25, 0.3) is 0 Å². The van der Waals surface area contributed by atoms with Crippen molar-refractivity contribution in [2.24, 2.45) is 5.92 Å². The van der Waals surface area contributed by atoms with Crippen molar-refractivity contribution in [3.8, 4) is 0 Å². The van der Waals surface area contributed by atoms with Gasteiger partial charge >= 0.3 is 0 Å². The van der Waals surface area contributed by atoms with E-state index in [1.807, 2.05) is 24.3 Å². The normalized spacial score (nSPS) is 14.6. The zero-order chi connectivity index (χ0) is 14.3. The molecule has 0 saturated heterocycles. The molecule has 0 aliphatic heterocycles. The van der Waals surface area contributed by atoms with Crippen molar-refractivity contribution in [2.75, 3.05) is 6.54 Å². The van der Waals surface area contributed by atoms with E-state index in [1.165, 1.54) is 19.3 Å². The molecule has 0 heterocycles. The van der Waals surface area contributed by atoms with Crippen LogP contribution >= 0.6 is 15.9 Å². The number of halogens is 1. The first-order chi connectivity index (χ1) is 8.99. The van der Waals surface area contributed by atoms with Gasteiger partial charge in [-0.05, 0) is 37.0 Å². The molecule has 0 bridgehead atoms. The van der Waals surface area contributed by atoms with E-state index < -0.39 is 6.10 Å². The van der Waals surface area contributed by atoms with Crippen molar-refractivity contribution in [1.82, 2.24) is 5.32 Å². The SMILES string of the molecule is CC(C)CCCC(C)NCC(O)c1cccc(Br)c1.